The van der Waals surface area contributed by atoms with Crippen LogP contribution in [0.1, 0.15) is 4.88 Å². The maximum Gasteiger partial charge on any atom is 0.0650 e. The van der Waals surface area contributed by atoms with E-state index in [-0.39, 0.29) is 0 Å². The van der Waals surface area contributed by atoms with E-state index in [2.05, 4.69) is 27.6 Å². The predicted molar refractivity (Wildman–Crippen MR) is 80.1 cm³/mol. The van der Waals surface area contributed by atoms with Crippen LogP contribution in [-0.4, -0.2) is 10.2 Å². The Morgan fingerprint density at radius 3 is 2.95 bits per heavy atom. The number of nitrogens with two attached hydrogens (primary N) is 1. The van der Waals surface area contributed by atoms with Crippen LogP contribution in [0.2, 0.25) is 0 Å². The molecule has 19 heavy (non-hydrogen) atoms. The molecule has 4 N–H and O–H groups in total. The Hall–Kier alpha value is -2.27. The third-order valence-corrected chi connectivity index (χ3v) is 3.84. The number of anilines is 2. The maximum atomic E-state index is 5.87. The lowest BCUT2D eigenvalue weighted by Gasteiger charge is -2.07. The highest BCUT2D eigenvalue weighted by atomic mass is 32.1. The summed E-state index contributed by atoms with van der Waals surface area (Å²) in [5, 5.41) is 12.3. The number of nitrogens with zero attached hydrogens (tertiary/aromatic N) is 1. The molecule has 0 radical (unpaired) electrons. The van der Waals surface area contributed by atoms with Crippen molar-refractivity contribution in [2.24, 2.45) is 0 Å². The summed E-state index contributed by atoms with van der Waals surface area (Å²) in [6.07, 6.45) is 1.75. The van der Waals surface area contributed by atoms with Crippen LogP contribution in [0, 0.1) is 0 Å². The van der Waals surface area contributed by atoms with E-state index in [4.69, 9.17) is 5.73 Å². The summed E-state index contributed by atoms with van der Waals surface area (Å²) in [5.41, 5.74) is 9.91. The summed E-state index contributed by atoms with van der Waals surface area (Å²) < 4.78 is 0. The number of aromatic nitrogens is 2. The standard InChI is InChI=1S/C14H14N4S/c15-12-5-7-19-14(12)9-16-11-3-1-2-10(8-11)13-4-6-17-18-13/h1-8,16H,9,15H2,(H,17,18). The van der Waals surface area contributed by atoms with Crippen molar-refractivity contribution in [3.8, 4) is 11.3 Å². The van der Waals surface area contributed by atoms with Crippen LogP contribution in [-0.2, 0) is 6.54 Å². The molecule has 0 bridgehead atoms. The van der Waals surface area contributed by atoms with Crippen molar-refractivity contribution >= 4 is 22.7 Å². The number of nitrogen functional groups attached to an aromatic ring is 1. The molecule has 0 aliphatic carbocycles. The summed E-state index contributed by atoms with van der Waals surface area (Å²) in [6.45, 7) is 0.746. The van der Waals surface area contributed by atoms with Gasteiger partial charge in [-0.1, -0.05) is 12.1 Å². The largest absolute Gasteiger partial charge is 0.398 e. The van der Waals surface area contributed by atoms with Gasteiger partial charge in [0.05, 0.1) is 12.2 Å². The van der Waals surface area contributed by atoms with E-state index in [1.54, 1.807) is 17.5 Å². The molecule has 0 aliphatic heterocycles. The first-order chi connectivity index (χ1) is 9.33. The topological polar surface area (TPSA) is 66.7 Å². The Balaban J connectivity index is 1.75. The Kier molecular flexibility index (Phi) is 3.20. The molecule has 3 aromatic rings. The van der Waals surface area contributed by atoms with Gasteiger partial charge in [0.25, 0.3) is 0 Å². The van der Waals surface area contributed by atoms with Gasteiger partial charge in [0.2, 0.25) is 0 Å². The minimum absolute atomic E-state index is 0.746. The van der Waals surface area contributed by atoms with E-state index in [1.807, 2.05) is 29.6 Å². The molecule has 0 amide bonds. The summed E-state index contributed by atoms with van der Waals surface area (Å²) in [5.74, 6) is 0. The molecule has 0 unspecified atom stereocenters. The van der Waals surface area contributed by atoms with Crippen molar-refractivity contribution in [3.05, 3.63) is 52.9 Å². The molecule has 2 aromatic heterocycles. The monoisotopic (exact) mass is 270 g/mol. The molecule has 0 saturated heterocycles. The molecule has 2 heterocycles. The smallest absolute Gasteiger partial charge is 0.0650 e. The number of aromatic amines is 1. The molecule has 3 rings (SSSR count). The highest BCUT2D eigenvalue weighted by molar-refractivity contribution is 7.10. The number of H-pyrrole nitrogens is 1. The van der Waals surface area contributed by atoms with E-state index in [1.165, 1.54) is 0 Å². The van der Waals surface area contributed by atoms with Crippen LogP contribution in [0.5, 0.6) is 0 Å². The van der Waals surface area contributed by atoms with Crippen molar-refractivity contribution in [2.75, 3.05) is 11.1 Å². The zero-order chi connectivity index (χ0) is 13.1. The Morgan fingerprint density at radius 2 is 2.21 bits per heavy atom. The lowest BCUT2D eigenvalue weighted by atomic mass is 10.1. The van der Waals surface area contributed by atoms with E-state index in [9.17, 15) is 0 Å². The first kappa shape index (κ1) is 11.8. The molecule has 0 aliphatic rings. The number of hydrogen-bond acceptors (Lipinski definition) is 4. The second-order valence-electron chi connectivity index (χ2n) is 4.20. The molecule has 96 valence electrons. The zero-order valence-electron chi connectivity index (χ0n) is 10.3. The fraction of sp³-hybridized carbons (Fsp3) is 0.0714. The second kappa shape index (κ2) is 5.16. The van der Waals surface area contributed by atoms with Crippen molar-refractivity contribution in [2.45, 2.75) is 6.54 Å². The van der Waals surface area contributed by atoms with E-state index >= 15 is 0 Å². The normalized spacial score (nSPS) is 10.5. The van der Waals surface area contributed by atoms with Crippen LogP contribution < -0.4 is 11.1 Å². The highest BCUT2D eigenvalue weighted by Crippen LogP contribution is 2.23. The minimum atomic E-state index is 0.746. The molecule has 0 saturated carbocycles. The summed E-state index contributed by atoms with van der Waals surface area (Å²) >= 11 is 1.67. The number of rotatable bonds is 4. The van der Waals surface area contributed by atoms with Crippen LogP contribution in [0.4, 0.5) is 11.4 Å². The number of benzene rings is 1. The van der Waals surface area contributed by atoms with Crippen molar-refractivity contribution < 1.29 is 0 Å². The number of thiophene rings is 1. The van der Waals surface area contributed by atoms with Crippen LogP contribution >= 0.6 is 11.3 Å². The first-order valence-corrected chi connectivity index (χ1v) is 6.86. The highest BCUT2D eigenvalue weighted by Gasteiger charge is 2.02. The molecule has 4 nitrogen and oxygen atoms in total. The molecule has 1 aromatic carbocycles. The SMILES string of the molecule is Nc1ccsc1CNc1cccc(-c2ccn[nH]2)c1. The van der Waals surface area contributed by atoms with Crippen LogP contribution in [0.15, 0.2) is 48.0 Å². The van der Waals surface area contributed by atoms with Gasteiger partial charge >= 0.3 is 0 Å². The van der Waals surface area contributed by atoms with Crippen LogP contribution in [0.3, 0.4) is 0 Å². The van der Waals surface area contributed by atoms with E-state index in [0.717, 1.165) is 34.1 Å². The molecular weight excluding hydrogens is 256 g/mol. The summed E-state index contributed by atoms with van der Waals surface area (Å²) in [6, 6.07) is 12.1. The van der Waals surface area contributed by atoms with Gasteiger partial charge in [-0.15, -0.1) is 11.3 Å². The fourth-order valence-electron chi connectivity index (χ4n) is 1.89. The molecule has 0 atom stereocenters. The second-order valence-corrected chi connectivity index (χ2v) is 5.20. The molecule has 0 spiro atoms. The summed E-state index contributed by atoms with van der Waals surface area (Å²) in [4.78, 5) is 1.16. The zero-order valence-corrected chi connectivity index (χ0v) is 11.1. The van der Waals surface area contributed by atoms with Gasteiger partial charge < -0.3 is 11.1 Å². The molecular formula is C14H14N4S. The third-order valence-electron chi connectivity index (χ3n) is 2.91. The Labute approximate surface area is 115 Å². The maximum absolute atomic E-state index is 5.87. The van der Waals surface area contributed by atoms with E-state index < -0.39 is 0 Å². The van der Waals surface area contributed by atoms with Gasteiger partial charge in [-0.2, -0.15) is 5.10 Å². The average Bonchev–Trinajstić information content (AvgIpc) is 3.08. The Morgan fingerprint density at radius 1 is 1.26 bits per heavy atom. The lowest BCUT2D eigenvalue weighted by Crippen LogP contribution is -1.99. The lowest BCUT2D eigenvalue weighted by molar-refractivity contribution is 1.09. The third kappa shape index (κ3) is 2.61. The number of hydrogen-bond donors (Lipinski definition) is 3. The van der Waals surface area contributed by atoms with Gasteiger partial charge in [-0.25, -0.2) is 0 Å². The van der Waals surface area contributed by atoms with Gasteiger partial charge in [0.1, 0.15) is 0 Å². The average molecular weight is 270 g/mol. The van der Waals surface area contributed by atoms with E-state index in [0.29, 0.717) is 0 Å². The van der Waals surface area contributed by atoms with Crippen LogP contribution in [0.25, 0.3) is 11.3 Å². The fourth-order valence-corrected chi connectivity index (χ4v) is 2.63. The van der Waals surface area contributed by atoms with Gasteiger partial charge in [-0.3, -0.25) is 5.10 Å². The Bertz CT molecular complexity index is 658. The molecule has 5 heteroatoms. The van der Waals surface area contributed by atoms with Gasteiger partial charge in [0.15, 0.2) is 0 Å². The van der Waals surface area contributed by atoms with Gasteiger partial charge in [0, 0.05) is 28.0 Å². The van der Waals surface area contributed by atoms with Crippen molar-refractivity contribution in [1.82, 2.24) is 10.2 Å². The predicted octanol–water partition coefficient (Wildman–Crippen LogP) is 3.33. The minimum Gasteiger partial charge on any atom is -0.398 e. The first-order valence-electron chi connectivity index (χ1n) is 5.98. The number of nitrogens with one attached hydrogen (secondary N) is 2. The van der Waals surface area contributed by atoms with Crippen molar-refractivity contribution in [1.29, 1.82) is 0 Å². The quantitative estimate of drug-likeness (QED) is 0.681. The summed E-state index contributed by atoms with van der Waals surface area (Å²) in [7, 11) is 0. The van der Waals surface area contributed by atoms with Gasteiger partial charge in [-0.05, 0) is 29.6 Å². The molecule has 0 fully saturated rings. The van der Waals surface area contributed by atoms with Crippen molar-refractivity contribution in [3.63, 3.8) is 0 Å².